The van der Waals surface area contributed by atoms with E-state index in [2.05, 4.69) is 5.32 Å². The summed E-state index contributed by atoms with van der Waals surface area (Å²) in [7, 11) is 1.52. The highest BCUT2D eigenvalue weighted by molar-refractivity contribution is 7.21. The number of halogens is 2. The van der Waals surface area contributed by atoms with Crippen molar-refractivity contribution < 1.29 is 18.7 Å². The van der Waals surface area contributed by atoms with E-state index in [9.17, 15) is 14.0 Å². The molecule has 2 amide bonds. The van der Waals surface area contributed by atoms with Gasteiger partial charge in [0.1, 0.15) is 17.2 Å². The minimum atomic E-state index is -0.399. The predicted octanol–water partition coefficient (Wildman–Crippen LogP) is 5.04. The van der Waals surface area contributed by atoms with Crippen LogP contribution in [0, 0.1) is 19.7 Å². The van der Waals surface area contributed by atoms with Crippen LogP contribution in [0.5, 0.6) is 0 Å². The molecule has 30 heavy (non-hydrogen) atoms. The fourth-order valence-electron chi connectivity index (χ4n) is 3.02. The number of carbonyl (C=O) groups is 2. The number of hydrogen-bond acceptors (Lipinski definition) is 4. The molecule has 8 heteroatoms. The molecule has 0 spiro atoms. The third-order valence-electron chi connectivity index (χ3n) is 4.85. The molecule has 5 nitrogen and oxygen atoms in total. The predicted molar refractivity (Wildman–Crippen MR) is 119 cm³/mol. The normalized spacial score (nSPS) is 11.0. The van der Waals surface area contributed by atoms with Gasteiger partial charge in [-0.3, -0.25) is 9.59 Å². The lowest BCUT2D eigenvalue weighted by Gasteiger charge is -2.22. The molecule has 0 bridgehead atoms. The molecule has 0 fully saturated rings. The molecule has 3 aromatic rings. The van der Waals surface area contributed by atoms with E-state index in [1.54, 1.807) is 6.07 Å². The maximum absolute atomic E-state index is 13.5. The number of ether oxygens (including phenoxy) is 1. The van der Waals surface area contributed by atoms with Crippen LogP contribution in [0.1, 0.15) is 20.8 Å². The summed E-state index contributed by atoms with van der Waals surface area (Å²) < 4.78 is 19.2. The number of nitrogens with zero attached hydrogens (tertiary/aromatic N) is 1. The summed E-state index contributed by atoms with van der Waals surface area (Å²) in [6, 6.07) is 9.84. The van der Waals surface area contributed by atoms with E-state index in [0.29, 0.717) is 15.8 Å². The number of nitrogens with one attached hydrogen (secondary N) is 1. The molecule has 0 unspecified atom stereocenters. The Morgan fingerprint density at radius 1 is 1.23 bits per heavy atom. The van der Waals surface area contributed by atoms with Gasteiger partial charge in [0.15, 0.2) is 0 Å². The third kappa shape index (κ3) is 4.80. The van der Waals surface area contributed by atoms with E-state index in [0.717, 1.165) is 22.5 Å². The first-order valence-electron chi connectivity index (χ1n) is 9.33. The van der Waals surface area contributed by atoms with Crippen molar-refractivity contribution in [2.24, 2.45) is 0 Å². The van der Waals surface area contributed by atoms with Gasteiger partial charge < -0.3 is 15.0 Å². The number of thiophene rings is 1. The van der Waals surface area contributed by atoms with Gasteiger partial charge in [0, 0.05) is 29.4 Å². The fourth-order valence-corrected chi connectivity index (χ4v) is 4.53. The van der Waals surface area contributed by atoms with Crippen molar-refractivity contribution in [3.05, 3.63) is 63.2 Å². The Morgan fingerprint density at radius 2 is 2.00 bits per heavy atom. The average Bonchev–Trinajstić information content (AvgIpc) is 3.03. The first-order chi connectivity index (χ1) is 14.3. The number of benzene rings is 2. The lowest BCUT2D eigenvalue weighted by molar-refractivity contribution is -0.117. The maximum Gasteiger partial charge on any atom is 0.266 e. The number of methoxy groups -OCH3 is 1. The Bertz CT molecular complexity index is 1100. The van der Waals surface area contributed by atoms with Crippen molar-refractivity contribution in [3.8, 4) is 0 Å². The summed E-state index contributed by atoms with van der Waals surface area (Å²) in [4.78, 5) is 27.5. The molecule has 0 saturated heterocycles. The fraction of sp³-hybridized carbons (Fsp3) is 0.273. The second-order valence-corrected chi connectivity index (χ2v) is 8.33. The van der Waals surface area contributed by atoms with Crippen molar-refractivity contribution in [2.75, 3.05) is 32.1 Å². The molecule has 0 aliphatic heterocycles. The van der Waals surface area contributed by atoms with Crippen LogP contribution in [0.25, 0.3) is 10.1 Å². The van der Waals surface area contributed by atoms with Crippen LogP contribution in [0.2, 0.25) is 5.02 Å². The summed E-state index contributed by atoms with van der Waals surface area (Å²) in [5.41, 5.74) is 2.73. The standard InChI is InChI=1S/C22H22ClFN2O3S/c1-13-5-4-6-17(14(13)2)25-19(27)12-26(9-10-29-3)22(28)21-20(23)16-8-7-15(24)11-18(16)30-21/h4-8,11H,9-10,12H2,1-3H3,(H,25,27). The quantitative estimate of drug-likeness (QED) is 0.551. The largest absolute Gasteiger partial charge is 0.383 e. The highest BCUT2D eigenvalue weighted by Crippen LogP contribution is 2.36. The molecule has 0 atom stereocenters. The van der Waals surface area contributed by atoms with Crippen LogP contribution in [0.4, 0.5) is 10.1 Å². The smallest absolute Gasteiger partial charge is 0.266 e. The topological polar surface area (TPSA) is 58.6 Å². The van der Waals surface area contributed by atoms with Crippen LogP contribution in [-0.2, 0) is 9.53 Å². The SMILES string of the molecule is COCCN(CC(=O)Nc1cccc(C)c1C)C(=O)c1sc2cc(F)ccc2c1Cl. The molecule has 1 heterocycles. The van der Waals surface area contributed by atoms with E-state index in [1.807, 2.05) is 32.0 Å². The Morgan fingerprint density at radius 3 is 2.73 bits per heavy atom. The van der Waals surface area contributed by atoms with Gasteiger partial charge in [0.05, 0.1) is 11.6 Å². The van der Waals surface area contributed by atoms with E-state index < -0.39 is 11.7 Å². The van der Waals surface area contributed by atoms with Gasteiger partial charge in [-0.05, 0) is 49.2 Å². The van der Waals surface area contributed by atoms with Gasteiger partial charge in [-0.15, -0.1) is 11.3 Å². The zero-order chi connectivity index (χ0) is 21.8. The number of hydrogen-bond donors (Lipinski definition) is 1. The molecule has 2 aromatic carbocycles. The first kappa shape index (κ1) is 22.2. The van der Waals surface area contributed by atoms with Crippen molar-refractivity contribution in [1.29, 1.82) is 0 Å². The number of fused-ring (bicyclic) bond motifs is 1. The molecular formula is C22H22ClFN2O3S. The number of aryl methyl sites for hydroxylation is 1. The lowest BCUT2D eigenvalue weighted by Crippen LogP contribution is -2.39. The highest BCUT2D eigenvalue weighted by Gasteiger charge is 2.24. The lowest BCUT2D eigenvalue weighted by atomic mass is 10.1. The molecular weight excluding hydrogens is 427 g/mol. The van der Waals surface area contributed by atoms with Gasteiger partial charge >= 0.3 is 0 Å². The van der Waals surface area contributed by atoms with Gasteiger partial charge in [0.2, 0.25) is 5.91 Å². The first-order valence-corrected chi connectivity index (χ1v) is 10.5. The van der Waals surface area contributed by atoms with Crippen LogP contribution >= 0.6 is 22.9 Å². The van der Waals surface area contributed by atoms with Gasteiger partial charge in [-0.2, -0.15) is 0 Å². The number of anilines is 1. The van der Waals surface area contributed by atoms with E-state index in [4.69, 9.17) is 16.3 Å². The van der Waals surface area contributed by atoms with E-state index in [1.165, 1.54) is 24.1 Å². The Kier molecular flexibility index (Phi) is 7.07. The van der Waals surface area contributed by atoms with Gasteiger partial charge in [-0.25, -0.2) is 4.39 Å². The zero-order valence-corrected chi connectivity index (χ0v) is 18.5. The second-order valence-electron chi connectivity index (χ2n) is 6.90. The molecule has 0 aliphatic rings. The van der Waals surface area contributed by atoms with Crippen LogP contribution in [0.3, 0.4) is 0 Å². The van der Waals surface area contributed by atoms with Crippen molar-refractivity contribution in [2.45, 2.75) is 13.8 Å². The van der Waals surface area contributed by atoms with E-state index >= 15 is 0 Å². The van der Waals surface area contributed by atoms with Crippen LogP contribution in [0.15, 0.2) is 36.4 Å². The summed E-state index contributed by atoms with van der Waals surface area (Å²) in [6.45, 7) is 4.21. The Labute approximate surface area is 183 Å². The van der Waals surface area contributed by atoms with Crippen molar-refractivity contribution in [1.82, 2.24) is 4.90 Å². The summed E-state index contributed by atoms with van der Waals surface area (Å²) in [5.74, 6) is -1.12. The molecule has 0 aliphatic carbocycles. The molecule has 158 valence electrons. The summed E-state index contributed by atoms with van der Waals surface area (Å²) in [5, 5.41) is 3.73. The third-order valence-corrected chi connectivity index (χ3v) is 6.50. The highest BCUT2D eigenvalue weighted by atomic mass is 35.5. The average molecular weight is 449 g/mol. The molecule has 1 N–H and O–H groups in total. The molecule has 3 rings (SSSR count). The molecule has 0 radical (unpaired) electrons. The second kappa shape index (κ2) is 9.55. The van der Waals surface area contributed by atoms with Gasteiger partial charge in [-0.1, -0.05) is 23.7 Å². The Balaban J connectivity index is 1.83. The Hall–Kier alpha value is -2.48. The number of rotatable bonds is 7. The van der Waals surface area contributed by atoms with Gasteiger partial charge in [0.25, 0.3) is 5.91 Å². The molecule has 1 aromatic heterocycles. The number of carbonyl (C=O) groups excluding carboxylic acids is 2. The monoisotopic (exact) mass is 448 g/mol. The van der Waals surface area contributed by atoms with E-state index in [-0.39, 0.29) is 35.5 Å². The molecule has 0 saturated carbocycles. The number of amides is 2. The maximum atomic E-state index is 13.5. The van der Waals surface area contributed by atoms with Crippen LogP contribution in [-0.4, -0.2) is 43.5 Å². The van der Waals surface area contributed by atoms with Crippen LogP contribution < -0.4 is 5.32 Å². The van der Waals surface area contributed by atoms with Crippen molar-refractivity contribution in [3.63, 3.8) is 0 Å². The minimum absolute atomic E-state index is 0.158. The van der Waals surface area contributed by atoms with Crippen molar-refractivity contribution >= 4 is 50.5 Å². The zero-order valence-electron chi connectivity index (χ0n) is 16.9. The minimum Gasteiger partial charge on any atom is -0.383 e. The summed E-state index contributed by atoms with van der Waals surface area (Å²) >= 11 is 7.50. The summed E-state index contributed by atoms with van der Waals surface area (Å²) in [6.07, 6.45) is 0.